The highest BCUT2D eigenvalue weighted by molar-refractivity contribution is 5.79. The summed E-state index contributed by atoms with van der Waals surface area (Å²) in [5, 5.41) is 14.4. The Kier molecular flexibility index (Phi) is 7.19. The van der Waals surface area contributed by atoms with Crippen molar-refractivity contribution in [3.63, 3.8) is 0 Å². The largest absolute Gasteiger partial charge is 0.401 e. The zero-order chi connectivity index (χ0) is 19.0. The molecule has 0 amide bonds. The highest BCUT2D eigenvalue weighted by Crippen LogP contribution is 2.15. The topological polar surface area (TPSA) is 69.8 Å². The molecule has 144 valence electrons. The summed E-state index contributed by atoms with van der Waals surface area (Å²) in [6, 6.07) is 5.64. The maximum absolute atomic E-state index is 12.3. The van der Waals surface area contributed by atoms with E-state index in [1.807, 2.05) is 35.7 Å². The Morgan fingerprint density at radius 2 is 2.08 bits per heavy atom. The Bertz CT molecular complexity index is 711. The number of nitrogens with one attached hydrogen (secondary N) is 2. The van der Waals surface area contributed by atoms with Crippen molar-refractivity contribution in [2.24, 2.45) is 4.99 Å². The van der Waals surface area contributed by atoms with E-state index >= 15 is 0 Å². The van der Waals surface area contributed by atoms with Crippen molar-refractivity contribution in [3.05, 3.63) is 30.2 Å². The Morgan fingerprint density at radius 3 is 2.81 bits per heavy atom. The van der Waals surface area contributed by atoms with Crippen LogP contribution in [0.25, 0.3) is 5.65 Å². The zero-order valence-electron chi connectivity index (χ0n) is 14.9. The lowest BCUT2D eigenvalue weighted by molar-refractivity contribution is -0.143. The van der Waals surface area contributed by atoms with Crippen molar-refractivity contribution in [3.8, 4) is 0 Å². The molecule has 0 atom stereocenters. The summed E-state index contributed by atoms with van der Waals surface area (Å²) in [4.78, 5) is 5.72. The van der Waals surface area contributed by atoms with E-state index in [-0.39, 0.29) is 0 Å². The first-order valence-electron chi connectivity index (χ1n) is 8.45. The lowest BCUT2D eigenvalue weighted by atomic mass is 10.4. The molecule has 0 aliphatic heterocycles. The molecule has 0 spiro atoms. The van der Waals surface area contributed by atoms with Crippen LogP contribution in [0, 0.1) is 0 Å². The molecule has 7 nitrogen and oxygen atoms in total. The minimum absolute atomic E-state index is 0.342. The predicted octanol–water partition coefficient (Wildman–Crippen LogP) is 1.67. The van der Waals surface area contributed by atoms with E-state index in [1.54, 1.807) is 0 Å². The van der Waals surface area contributed by atoms with Crippen LogP contribution in [-0.2, 0) is 6.54 Å². The van der Waals surface area contributed by atoms with Crippen molar-refractivity contribution < 1.29 is 13.2 Å². The van der Waals surface area contributed by atoms with Crippen LogP contribution in [0.4, 0.5) is 13.2 Å². The molecular formula is C16H24F3N7. The number of hydrogen-bond acceptors (Lipinski definition) is 4. The number of alkyl halides is 3. The van der Waals surface area contributed by atoms with Crippen LogP contribution in [0.5, 0.6) is 0 Å². The van der Waals surface area contributed by atoms with Gasteiger partial charge >= 0.3 is 6.18 Å². The van der Waals surface area contributed by atoms with Gasteiger partial charge in [-0.2, -0.15) is 13.2 Å². The molecule has 0 saturated heterocycles. The summed E-state index contributed by atoms with van der Waals surface area (Å²) in [7, 11) is 1.46. The number of hydrogen-bond donors (Lipinski definition) is 2. The van der Waals surface area contributed by atoms with Crippen LogP contribution in [0.15, 0.2) is 29.4 Å². The molecule has 2 aromatic rings. The number of aliphatic imine (C=N–C) groups is 1. The summed E-state index contributed by atoms with van der Waals surface area (Å²) >= 11 is 0. The Labute approximate surface area is 150 Å². The first-order chi connectivity index (χ1) is 12.4. The lowest BCUT2D eigenvalue weighted by Gasteiger charge is -2.18. The van der Waals surface area contributed by atoms with Gasteiger partial charge in [0.15, 0.2) is 17.4 Å². The molecule has 0 bridgehead atoms. The summed E-state index contributed by atoms with van der Waals surface area (Å²) in [6.07, 6.45) is -1.72. The maximum atomic E-state index is 12.3. The van der Waals surface area contributed by atoms with Gasteiger partial charge in [0.2, 0.25) is 0 Å². The zero-order valence-corrected chi connectivity index (χ0v) is 14.9. The van der Waals surface area contributed by atoms with Gasteiger partial charge in [-0.1, -0.05) is 6.07 Å². The number of nitrogens with zero attached hydrogens (tertiary/aromatic N) is 5. The second-order valence-corrected chi connectivity index (χ2v) is 5.87. The standard InChI is InChI=1S/C16H24F3N7/c1-3-20-15(21-8-6-9-25(2)12-16(17,18)19)22-11-14-24-23-13-7-4-5-10-26(13)14/h4-5,7,10H,3,6,8-9,11-12H2,1-2H3,(H2,20,21,22). The van der Waals surface area contributed by atoms with Gasteiger partial charge < -0.3 is 10.6 Å². The third kappa shape index (κ3) is 6.51. The van der Waals surface area contributed by atoms with Crippen molar-refractivity contribution in [1.82, 2.24) is 30.1 Å². The molecule has 2 rings (SSSR count). The lowest BCUT2D eigenvalue weighted by Crippen LogP contribution is -2.39. The Balaban J connectivity index is 1.83. The summed E-state index contributed by atoms with van der Waals surface area (Å²) in [5.41, 5.74) is 0.753. The monoisotopic (exact) mass is 371 g/mol. The van der Waals surface area contributed by atoms with Gasteiger partial charge in [0.1, 0.15) is 6.54 Å². The van der Waals surface area contributed by atoms with Gasteiger partial charge in [0, 0.05) is 19.3 Å². The summed E-state index contributed by atoms with van der Waals surface area (Å²) in [5.74, 6) is 1.31. The van der Waals surface area contributed by atoms with Gasteiger partial charge in [-0.25, -0.2) is 4.99 Å². The molecule has 0 saturated carbocycles. The van der Waals surface area contributed by atoms with Gasteiger partial charge in [0.25, 0.3) is 0 Å². The van der Waals surface area contributed by atoms with Crippen LogP contribution in [0.3, 0.4) is 0 Å². The number of halogens is 3. The molecule has 0 unspecified atom stereocenters. The van der Waals surface area contributed by atoms with Gasteiger partial charge in [0.05, 0.1) is 6.54 Å². The first-order valence-corrected chi connectivity index (χ1v) is 8.45. The van der Waals surface area contributed by atoms with Crippen molar-refractivity contribution >= 4 is 11.6 Å². The number of aromatic nitrogens is 3. The third-order valence-electron chi connectivity index (χ3n) is 3.57. The number of rotatable bonds is 8. The summed E-state index contributed by atoms with van der Waals surface area (Å²) < 4.78 is 38.7. The maximum Gasteiger partial charge on any atom is 0.401 e. The van der Waals surface area contributed by atoms with E-state index in [0.29, 0.717) is 44.4 Å². The van der Waals surface area contributed by atoms with Crippen molar-refractivity contribution in [1.29, 1.82) is 0 Å². The Hall–Kier alpha value is -2.36. The SMILES string of the molecule is CCNC(=NCc1nnc2ccccn12)NCCCN(C)CC(F)(F)F. The molecule has 10 heteroatoms. The minimum Gasteiger partial charge on any atom is -0.357 e. The molecule has 0 radical (unpaired) electrons. The fourth-order valence-electron chi connectivity index (χ4n) is 2.43. The quantitative estimate of drug-likeness (QED) is 0.420. The van der Waals surface area contributed by atoms with E-state index in [1.165, 1.54) is 11.9 Å². The van der Waals surface area contributed by atoms with Crippen LogP contribution in [0.1, 0.15) is 19.2 Å². The predicted molar refractivity (Wildman–Crippen MR) is 94.0 cm³/mol. The average Bonchev–Trinajstić information content (AvgIpc) is 2.98. The van der Waals surface area contributed by atoms with E-state index in [9.17, 15) is 13.2 Å². The molecule has 2 N–H and O–H groups in total. The van der Waals surface area contributed by atoms with E-state index in [2.05, 4.69) is 25.8 Å². The van der Waals surface area contributed by atoms with Crippen LogP contribution in [-0.4, -0.2) is 64.9 Å². The number of guanidine groups is 1. The average molecular weight is 371 g/mol. The second kappa shape index (κ2) is 9.37. The van der Waals surface area contributed by atoms with Crippen LogP contribution >= 0.6 is 0 Å². The molecular weight excluding hydrogens is 347 g/mol. The Morgan fingerprint density at radius 1 is 1.27 bits per heavy atom. The molecule has 0 aliphatic rings. The van der Waals surface area contributed by atoms with Crippen molar-refractivity contribution in [2.75, 3.05) is 33.2 Å². The van der Waals surface area contributed by atoms with Crippen LogP contribution < -0.4 is 10.6 Å². The second-order valence-electron chi connectivity index (χ2n) is 5.87. The van der Waals surface area contributed by atoms with Crippen molar-refractivity contribution in [2.45, 2.75) is 26.1 Å². The van der Waals surface area contributed by atoms with E-state index in [0.717, 1.165) is 5.65 Å². The molecule has 0 aliphatic carbocycles. The van der Waals surface area contributed by atoms with Gasteiger partial charge in [-0.3, -0.25) is 9.30 Å². The third-order valence-corrected chi connectivity index (χ3v) is 3.57. The minimum atomic E-state index is -4.17. The molecule has 0 aromatic carbocycles. The number of fused-ring (bicyclic) bond motifs is 1. The highest BCUT2D eigenvalue weighted by Gasteiger charge is 2.28. The molecule has 2 heterocycles. The van der Waals surface area contributed by atoms with Gasteiger partial charge in [-0.05, 0) is 39.1 Å². The molecule has 2 aromatic heterocycles. The fraction of sp³-hybridized carbons (Fsp3) is 0.562. The van der Waals surface area contributed by atoms with E-state index in [4.69, 9.17) is 0 Å². The first kappa shape index (κ1) is 20.0. The molecule has 0 fully saturated rings. The van der Waals surface area contributed by atoms with Crippen LogP contribution in [0.2, 0.25) is 0 Å². The normalized spacial score (nSPS) is 12.8. The van der Waals surface area contributed by atoms with E-state index < -0.39 is 12.7 Å². The molecule has 26 heavy (non-hydrogen) atoms. The highest BCUT2D eigenvalue weighted by atomic mass is 19.4. The summed E-state index contributed by atoms with van der Waals surface area (Å²) in [6.45, 7) is 2.94. The van der Waals surface area contributed by atoms with Gasteiger partial charge in [-0.15, -0.1) is 10.2 Å². The smallest absolute Gasteiger partial charge is 0.357 e. The number of pyridine rings is 1. The fourth-order valence-corrected chi connectivity index (χ4v) is 2.43.